The monoisotopic (exact) mass is 261 g/mol. The zero-order valence-corrected chi connectivity index (χ0v) is 9.05. The number of primary amides is 1. The largest absolute Gasteiger partial charge is 0.410 e. The zero-order valence-electron chi connectivity index (χ0n) is 7.46. The molecule has 0 aliphatic heterocycles. The molecule has 0 saturated heterocycles. The highest BCUT2D eigenvalue weighted by molar-refractivity contribution is 9.09. The van der Waals surface area contributed by atoms with Crippen molar-refractivity contribution >= 4 is 22.0 Å². The standard InChI is InChI=1S/C9H9BrFNO2/c1-5(10)6-3-2-4-7(11)8(6)14-9(12)13/h2-5H,1H3,(H2,12,13). The number of para-hydroxylation sites is 1. The third-order valence-corrected chi connectivity index (χ3v) is 2.12. The molecule has 1 amide bonds. The van der Waals surface area contributed by atoms with Crippen LogP contribution in [0.25, 0.3) is 0 Å². The molecule has 0 radical (unpaired) electrons. The lowest BCUT2D eigenvalue weighted by Crippen LogP contribution is -2.18. The predicted octanol–water partition coefficient (Wildman–Crippen LogP) is 2.74. The first-order chi connectivity index (χ1) is 6.52. The van der Waals surface area contributed by atoms with Gasteiger partial charge in [0.25, 0.3) is 0 Å². The first kappa shape index (κ1) is 11.0. The Balaban J connectivity index is 3.15. The van der Waals surface area contributed by atoms with E-state index in [0.717, 1.165) is 0 Å². The number of nitrogens with two attached hydrogens (primary N) is 1. The van der Waals surface area contributed by atoms with Crippen molar-refractivity contribution in [3.8, 4) is 5.75 Å². The molecule has 0 spiro atoms. The van der Waals surface area contributed by atoms with Crippen molar-refractivity contribution < 1.29 is 13.9 Å². The first-order valence-electron chi connectivity index (χ1n) is 3.92. The summed E-state index contributed by atoms with van der Waals surface area (Å²) in [5.74, 6) is -0.725. The van der Waals surface area contributed by atoms with Gasteiger partial charge in [-0.05, 0) is 13.0 Å². The van der Waals surface area contributed by atoms with E-state index in [1.165, 1.54) is 12.1 Å². The molecule has 1 aromatic carbocycles. The molecule has 1 rings (SSSR count). The maximum Gasteiger partial charge on any atom is 0.410 e. The second-order valence-corrected chi connectivity index (χ2v) is 4.07. The van der Waals surface area contributed by atoms with Crippen molar-refractivity contribution in [1.82, 2.24) is 0 Å². The molecule has 76 valence electrons. The molecule has 2 N–H and O–H groups in total. The van der Waals surface area contributed by atoms with E-state index in [1.807, 2.05) is 0 Å². The number of hydrogen-bond acceptors (Lipinski definition) is 2. The number of carbonyl (C=O) groups is 1. The average Bonchev–Trinajstić information content (AvgIpc) is 2.07. The van der Waals surface area contributed by atoms with Crippen molar-refractivity contribution in [3.63, 3.8) is 0 Å². The van der Waals surface area contributed by atoms with Crippen LogP contribution < -0.4 is 10.5 Å². The van der Waals surface area contributed by atoms with E-state index in [-0.39, 0.29) is 10.6 Å². The van der Waals surface area contributed by atoms with Gasteiger partial charge in [-0.1, -0.05) is 28.1 Å². The molecule has 0 saturated carbocycles. The molecule has 0 bridgehead atoms. The van der Waals surface area contributed by atoms with E-state index in [2.05, 4.69) is 20.7 Å². The highest BCUT2D eigenvalue weighted by atomic mass is 79.9. The Kier molecular flexibility index (Phi) is 3.46. The number of rotatable bonds is 2. The van der Waals surface area contributed by atoms with Crippen LogP contribution >= 0.6 is 15.9 Å². The smallest absolute Gasteiger partial charge is 0.407 e. The van der Waals surface area contributed by atoms with Gasteiger partial charge in [0, 0.05) is 10.4 Å². The lowest BCUT2D eigenvalue weighted by atomic mass is 10.1. The van der Waals surface area contributed by atoms with Gasteiger partial charge in [0.1, 0.15) is 0 Å². The van der Waals surface area contributed by atoms with Crippen LogP contribution in [0.5, 0.6) is 5.75 Å². The van der Waals surface area contributed by atoms with Crippen molar-refractivity contribution in [2.75, 3.05) is 0 Å². The maximum absolute atomic E-state index is 13.2. The lowest BCUT2D eigenvalue weighted by Gasteiger charge is -2.10. The summed E-state index contributed by atoms with van der Waals surface area (Å²) in [4.78, 5) is 10.4. The van der Waals surface area contributed by atoms with Gasteiger partial charge in [-0.15, -0.1) is 0 Å². The van der Waals surface area contributed by atoms with E-state index in [4.69, 9.17) is 5.73 Å². The average molecular weight is 262 g/mol. The summed E-state index contributed by atoms with van der Waals surface area (Å²) in [6.45, 7) is 1.79. The molecule has 1 atom stereocenters. The van der Waals surface area contributed by atoms with Gasteiger partial charge in [0.2, 0.25) is 0 Å². The topological polar surface area (TPSA) is 52.3 Å². The van der Waals surface area contributed by atoms with E-state index in [1.54, 1.807) is 13.0 Å². The van der Waals surface area contributed by atoms with Gasteiger partial charge >= 0.3 is 6.09 Å². The van der Waals surface area contributed by atoms with Crippen molar-refractivity contribution in [2.45, 2.75) is 11.8 Å². The van der Waals surface area contributed by atoms with Crippen molar-refractivity contribution in [2.24, 2.45) is 5.73 Å². The summed E-state index contributed by atoms with van der Waals surface area (Å²) in [7, 11) is 0. The quantitative estimate of drug-likeness (QED) is 0.833. The molecule has 0 aliphatic rings. The summed E-state index contributed by atoms with van der Waals surface area (Å²) in [6.07, 6.45) is -1.02. The maximum atomic E-state index is 13.2. The fourth-order valence-electron chi connectivity index (χ4n) is 1.05. The van der Waals surface area contributed by atoms with Gasteiger partial charge in [-0.3, -0.25) is 0 Å². The van der Waals surface area contributed by atoms with Crippen LogP contribution in [0.15, 0.2) is 18.2 Å². The van der Waals surface area contributed by atoms with E-state index >= 15 is 0 Å². The third kappa shape index (κ3) is 2.45. The number of amides is 1. The Morgan fingerprint density at radius 2 is 2.29 bits per heavy atom. The normalized spacial score (nSPS) is 12.2. The number of benzene rings is 1. The van der Waals surface area contributed by atoms with Crippen molar-refractivity contribution in [3.05, 3.63) is 29.6 Å². The van der Waals surface area contributed by atoms with Gasteiger partial charge in [0.05, 0.1) is 0 Å². The fraction of sp³-hybridized carbons (Fsp3) is 0.222. The summed E-state index contributed by atoms with van der Waals surface area (Å²) < 4.78 is 17.8. The van der Waals surface area contributed by atoms with Crippen LogP contribution in [0.4, 0.5) is 9.18 Å². The molecule has 0 aromatic heterocycles. The Morgan fingerprint density at radius 3 is 2.79 bits per heavy atom. The highest BCUT2D eigenvalue weighted by Crippen LogP contribution is 2.32. The predicted molar refractivity (Wildman–Crippen MR) is 54.0 cm³/mol. The van der Waals surface area contributed by atoms with Crippen LogP contribution in [0.2, 0.25) is 0 Å². The molecule has 0 fully saturated rings. The second kappa shape index (κ2) is 4.41. The van der Waals surface area contributed by atoms with Gasteiger partial charge < -0.3 is 10.5 Å². The summed E-state index contributed by atoms with van der Waals surface area (Å²) in [6, 6.07) is 4.40. The Morgan fingerprint density at radius 1 is 1.64 bits per heavy atom. The SMILES string of the molecule is CC(Br)c1cccc(F)c1OC(N)=O. The van der Waals surface area contributed by atoms with Gasteiger partial charge in [-0.25, -0.2) is 9.18 Å². The molecular formula is C9H9BrFNO2. The molecule has 1 aromatic rings. The van der Waals surface area contributed by atoms with Crippen LogP contribution in [-0.4, -0.2) is 6.09 Å². The number of halogens is 2. The summed E-state index contributed by atoms with van der Waals surface area (Å²) >= 11 is 3.26. The van der Waals surface area contributed by atoms with Gasteiger partial charge in [0.15, 0.2) is 11.6 Å². The van der Waals surface area contributed by atoms with Gasteiger partial charge in [-0.2, -0.15) is 0 Å². The number of alkyl halides is 1. The summed E-state index contributed by atoms with van der Waals surface area (Å²) in [5, 5.41) is 0. The van der Waals surface area contributed by atoms with E-state index < -0.39 is 11.9 Å². The zero-order chi connectivity index (χ0) is 10.7. The number of ether oxygens (including phenoxy) is 1. The molecule has 3 nitrogen and oxygen atoms in total. The Labute approximate surface area is 89.2 Å². The molecule has 1 unspecified atom stereocenters. The van der Waals surface area contributed by atoms with Crippen LogP contribution in [0.3, 0.4) is 0 Å². The second-order valence-electron chi connectivity index (χ2n) is 2.70. The Bertz CT molecular complexity index is 355. The highest BCUT2D eigenvalue weighted by Gasteiger charge is 2.15. The summed E-state index contributed by atoms with van der Waals surface area (Å²) in [5.41, 5.74) is 5.36. The number of hydrogen-bond donors (Lipinski definition) is 1. The minimum Gasteiger partial charge on any atom is -0.407 e. The van der Waals surface area contributed by atoms with Crippen molar-refractivity contribution in [1.29, 1.82) is 0 Å². The lowest BCUT2D eigenvalue weighted by molar-refractivity contribution is 0.208. The number of carbonyl (C=O) groups excluding carboxylic acids is 1. The molecule has 5 heteroatoms. The fourth-order valence-corrected chi connectivity index (χ4v) is 1.41. The Hall–Kier alpha value is -1.10. The van der Waals surface area contributed by atoms with E-state index in [0.29, 0.717) is 5.56 Å². The molecule has 0 aliphatic carbocycles. The van der Waals surface area contributed by atoms with E-state index in [9.17, 15) is 9.18 Å². The minimum absolute atomic E-state index is 0.118. The first-order valence-corrected chi connectivity index (χ1v) is 4.83. The molecule has 0 heterocycles. The van der Waals surface area contributed by atoms with Crippen LogP contribution in [-0.2, 0) is 0 Å². The third-order valence-electron chi connectivity index (χ3n) is 1.63. The molecule has 14 heavy (non-hydrogen) atoms. The van der Waals surface area contributed by atoms with Crippen LogP contribution in [0, 0.1) is 5.82 Å². The minimum atomic E-state index is -1.02. The molecular weight excluding hydrogens is 253 g/mol. The van der Waals surface area contributed by atoms with Crippen LogP contribution in [0.1, 0.15) is 17.3 Å².